The summed E-state index contributed by atoms with van der Waals surface area (Å²) < 4.78 is 45.7. The topological polar surface area (TPSA) is 150 Å². The highest BCUT2D eigenvalue weighted by Crippen LogP contribution is 2.30. The lowest BCUT2D eigenvalue weighted by molar-refractivity contribution is -0.192. The second-order valence-electron chi connectivity index (χ2n) is 7.87. The predicted molar refractivity (Wildman–Crippen MR) is 136 cm³/mol. The molecule has 4 rings (SSSR count). The van der Waals surface area contributed by atoms with E-state index in [1.807, 2.05) is 19.1 Å². The first-order chi connectivity index (χ1) is 18.4. The molecular weight excluding hydrogens is 542 g/mol. The molecule has 0 radical (unpaired) electrons. The van der Waals surface area contributed by atoms with E-state index in [0.29, 0.717) is 16.4 Å². The van der Waals surface area contributed by atoms with Crippen molar-refractivity contribution in [2.24, 2.45) is 0 Å². The molecule has 39 heavy (non-hydrogen) atoms. The molecule has 1 unspecified atom stereocenters. The molecule has 0 spiro atoms. The van der Waals surface area contributed by atoms with E-state index in [1.54, 1.807) is 36.5 Å². The summed E-state index contributed by atoms with van der Waals surface area (Å²) in [5, 5.41) is 13.5. The van der Waals surface area contributed by atoms with E-state index < -0.39 is 23.7 Å². The second-order valence-corrected chi connectivity index (χ2v) is 8.87. The van der Waals surface area contributed by atoms with Crippen LogP contribution in [-0.2, 0) is 4.79 Å². The van der Waals surface area contributed by atoms with Gasteiger partial charge in [-0.15, -0.1) is 0 Å². The van der Waals surface area contributed by atoms with Crippen LogP contribution in [0.1, 0.15) is 44.3 Å². The van der Waals surface area contributed by atoms with Gasteiger partial charge in [-0.25, -0.2) is 14.2 Å². The first kappa shape index (κ1) is 28.8. The Morgan fingerprint density at radius 2 is 1.69 bits per heavy atom. The summed E-state index contributed by atoms with van der Waals surface area (Å²) in [6.45, 7) is 1.90. The molecule has 2 aromatic carbocycles. The van der Waals surface area contributed by atoms with Crippen LogP contribution in [0.3, 0.4) is 0 Å². The fourth-order valence-electron chi connectivity index (χ4n) is 3.12. The van der Waals surface area contributed by atoms with E-state index >= 15 is 0 Å². The highest BCUT2D eigenvalue weighted by molar-refractivity contribution is 7.18. The molecule has 1 atom stereocenters. The van der Waals surface area contributed by atoms with Crippen LogP contribution >= 0.6 is 11.3 Å². The van der Waals surface area contributed by atoms with Crippen LogP contribution in [0.25, 0.3) is 0 Å². The van der Waals surface area contributed by atoms with Crippen molar-refractivity contribution in [3.05, 3.63) is 94.4 Å². The number of nitrogens with one attached hydrogen (secondary N) is 3. The number of nitrogens with zero attached hydrogens (tertiary/aromatic N) is 1. The molecule has 2 aromatic heterocycles. The summed E-state index contributed by atoms with van der Waals surface area (Å²) in [5.41, 5.74) is 7.92. The first-order valence-electron chi connectivity index (χ1n) is 11.0. The predicted octanol–water partition coefficient (Wildman–Crippen LogP) is 5.29. The number of carboxylic acids is 1. The number of aromatic amines is 1. The molecule has 14 heteroatoms. The number of halogens is 4. The fraction of sp³-hybridized carbons (Fsp3) is 0.120. The molecule has 0 bridgehead atoms. The van der Waals surface area contributed by atoms with Crippen molar-refractivity contribution in [1.29, 1.82) is 0 Å². The molecule has 0 aliphatic carbocycles. The van der Waals surface area contributed by atoms with Crippen molar-refractivity contribution < 1.29 is 37.1 Å². The number of carbonyl (C=O) groups excluding carboxylic acids is 2. The molecule has 0 saturated carbocycles. The Kier molecular flexibility index (Phi) is 9.04. The van der Waals surface area contributed by atoms with Crippen LogP contribution in [0.4, 0.5) is 34.2 Å². The van der Waals surface area contributed by atoms with Gasteiger partial charge in [-0.1, -0.05) is 23.5 Å². The number of carboxylic acid groups (broad SMARTS) is 1. The van der Waals surface area contributed by atoms with Crippen molar-refractivity contribution in [3.8, 4) is 0 Å². The number of ketones is 1. The van der Waals surface area contributed by atoms with Crippen LogP contribution in [0.5, 0.6) is 0 Å². The number of benzene rings is 2. The Morgan fingerprint density at radius 1 is 1.05 bits per heavy atom. The Bertz CT molecular complexity index is 1450. The van der Waals surface area contributed by atoms with Crippen LogP contribution in [0, 0.1) is 5.82 Å². The number of aliphatic carboxylic acids is 1. The van der Waals surface area contributed by atoms with E-state index in [1.165, 1.54) is 18.2 Å². The molecule has 4 aromatic rings. The Labute approximate surface area is 222 Å². The number of hydrogen-bond donors (Lipinski definition) is 5. The van der Waals surface area contributed by atoms with E-state index in [4.69, 9.17) is 15.6 Å². The number of nitrogens with two attached hydrogens (primary N) is 1. The average molecular weight is 564 g/mol. The molecule has 204 valence electrons. The lowest BCUT2D eigenvalue weighted by Crippen LogP contribution is -2.26. The standard InChI is InChI=1S/C23H20FN5O2S.C2HF3O2/c1-13(18-7-4-12-26-18)27-22(31)14-8-10-15(11-9-14)28-23-29-21(25)20(32-23)19(30)16-5-2-3-6-17(16)24;3-2(4,5)1(6)7/h2-13,26H,25H2,1H3,(H,27,31)(H,28,29);(H,6,7). The van der Waals surface area contributed by atoms with Gasteiger partial charge in [0.2, 0.25) is 5.78 Å². The number of aromatic nitrogens is 2. The third-order valence-corrected chi connectivity index (χ3v) is 6.04. The molecule has 0 aliphatic heterocycles. The van der Waals surface area contributed by atoms with Gasteiger partial charge >= 0.3 is 12.1 Å². The normalized spacial score (nSPS) is 11.6. The van der Waals surface area contributed by atoms with Crippen molar-refractivity contribution >= 4 is 45.6 Å². The van der Waals surface area contributed by atoms with Gasteiger partial charge in [0, 0.05) is 23.1 Å². The zero-order valence-corrected chi connectivity index (χ0v) is 20.9. The molecule has 6 N–H and O–H groups in total. The summed E-state index contributed by atoms with van der Waals surface area (Å²) in [5.74, 6) is -4.06. The molecule has 0 fully saturated rings. The quantitative estimate of drug-likeness (QED) is 0.151. The molecule has 9 nitrogen and oxygen atoms in total. The average Bonchev–Trinajstić information content (AvgIpc) is 3.54. The summed E-state index contributed by atoms with van der Waals surface area (Å²) >= 11 is 1.04. The molecule has 0 saturated heterocycles. The van der Waals surface area contributed by atoms with Gasteiger partial charge in [0.25, 0.3) is 5.91 Å². The molecular formula is C25H21F4N5O4S. The van der Waals surface area contributed by atoms with Gasteiger partial charge in [0.1, 0.15) is 16.5 Å². The highest BCUT2D eigenvalue weighted by atomic mass is 32.1. The van der Waals surface area contributed by atoms with Gasteiger partial charge in [0.05, 0.1) is 11.6 Å². The third kappa shape index (κ3) is 7.64. The summed E-state index contributed by atoms with van der Waals surface area (Å²) in [4.78, 5) is 41.4. The minimum atomic E-state index is -5.08. The van der Waals surface area contributed by atoms with Crippen LogP contribution in [0.2, 0.25) is 0 Å². The van der Waals surface area contributed by atoms with Gasteiger partial charge in [-0.05, 0) is 55.5 Å². The smallest absolute Gasteiger partial charge is 0.475 e. The maximum Gasteiger partial charge on any atom is 0.490 e. The zero-order valence-electron chi connectivity index (χ0n) is 20.0. The minimum absolute atomic E-state index is 0.0278. The Morgan fingerprint density at radius 3 is 2.26 bits per heavy atom. The van der Waals surface area contributed by atoms with Crippen LogP contribution in [-0.4, -0.2) is 38.9 Å². The maximum absolute atomic E-state index is 13.9. The third-order valence-electron chi connectivity index (χ3n) is 5.06. The number of anilines is 3. The number of thiazole rings is 1. The lowest BCUT2D eigenvalue weighted by atomic mass is 10.1. The maximum atomic E-state index is 13.9. The number of hydrogen-bond acceptors (Lipinski definition) is 7. The Balaban J connectivity index is 0.000000532. The van der Waals surface area contributed by atoms with Gasteiger partial charge in [-0.2, -0.15) is 13.2 Å². The zero-order chi connectivity index (χ0) is 28.7. The van der Waals surface area contributed by atoms with Gasteiger partial charge < -0.3 is 26.5 Å². The number of nitrogen functional groups attached to an aromatic ring is 1. The molecule has 2 heterocycles. The summed E-state index contributed by atoms with van der Waals surface area (Å²) in [7, 11) is 0. The summed E-state index contributed by atoms with van der Waals surface area (Å²) in [6, 6.07) is 16.2. The van der Waals surface area contributed by atoms with Crippen LogP contribution in [0.15, 0.2) is 66.9 Å². The van der Waals surface area contributed by atoms with Crippen molar-refractivity contribution in [3.63, 3.8) is 0 Å². The lowest BCUT2D eigenvalue weighted by Gasteiger charge is -2.13. The molecule has 0 aliphatic rings. The number of amides is 1. The summed E-state index contributed by atoms with van der Waals surface area (Å²) in [6.07, 6.45) is -3.28. The van der Waals surface area contributed by atoms with Crippen molar-refractivity contribution in [1.82, 2.24) is 15.3 Å². The minimum Gasteiger partial charge on any atom is -0.475 e. The SMILES string of the molecule is CC(NC(=O)c1ccc(Nc2nc(N)c(C(=O)c3ccccc3F)s2)cc1)c1ccc[nH]1.O=C(O)C(F)(F)F. The number of rotatable bonds is 7. The number of alkyl halides is 3. The van der Waals surface area contributed by atoms with Crippen molar-refractivity contribution in [2.45, 2.75) is 19.1 Å². The highest BCUT2D eigenvalue weighted by Gasteiger charge is 2.38. The fourth-order valence-corrected chi connectivity index (χ4v) is 3.97. The number of H-pyrrole nitrogens is 1. The van der Waals surface area contributed by atoms with Crippen LogP contribution < -0.4 is 16.4 Å². The van der Waals surface area contributed by atoms with Crippen molar-refractivity contribution in [2.75, 3.05) is 11.1 Å². The number of carbonyl (C=O) groups is 3. The van der Waals surface area contributed by atoms with E-state index in [2.05, 4.69) is 20.6 Å². The monoisotopic (exact) mass is 563 g/mol. The largest absolute Gasteiger partial charge is 0.490 e. The van der Waals surface area contributed by atoms with E-state index in [9.17, 15) is 27.2 Å². The van der Waals surface area contributed by atoms with E-state index in [0.717, 1.165) is 17.0 Å². The van der Waals surface area contributed by atoms with Gasteiger partial charge in [-0.3, -0.25) is 9.59 Å². The first-order valence-corrected chi connectivity index (χ1v) is 11.8. The van der Waals surface area contributed by atoms with E-state index in [-0.39, 0.29) is 28.2 Å². The second kappa shape index (κ2) is 12.2. The Hall–Kier alpha value is -4.72. The molecule has 1 amide bonds. The van der Waals surface area contributed by atoms with Gasteiger partial charge in [0.15, 0.2) is 5.13 Å².